The van der Waals surface area contributed by atoms with Crippen LogP contribution in [-0.2, 0) is 4.79 Å². The number of aromatic nitrogens is 1. The first kappa shape index (κ1) is 23.5. The lowest BCUT2D eigenvalue weighted by Crippen LogP contribution is -2.53. The van der Waals surface area contributed by atoms with Crippen LogP contribution in [0.3, 0.4) is 0 Å². The van der Waals surface area contributed by atoms with E-state index in [2.05, 4.69) is 15.6 Å². The second-order valence-corrected chi connectivity index (χ2v) is 7.53. The number of nitrogens with zero attached hydrogens (tertiary/aromatic N) is 1. The summed E-state index contributed by atoms with van der Waals surface area (Å²) < 4.78 is 0. The number of aliphatic hydroxyl groups is 1. The van der Waals surface area contributed by atoms with E-state index in [-0.39, 0.29) is 18.2 Å². The lowest BCUT2D eigenvalue weighted by atomic mass is 9.66. The predicted octanol–water partition coefficient (Wildman–Crippen LogP) is 0.843. The first-order chi connectivity index (χ1) is 14.2. The Morgan fingerprint density at radius 3 is 2.27 bits per heavy atom. The number of hydrogen-bond acceptors (Lipinski definition) is 6. The fraction of sp³-hybridized carbons (Fsp3) is 0.381. The zero-order valence-corrected chi connectivity index (χ0v) is 17.3. The van der Waals surface area contributed by atoms with Crippen LogP contribution in [0.15, 0.2) is 48.5 Å². The first-order valence-corrected chi connectivity index (χ1v) is 9.86. The summed E-state index contributed by atoms with van der Waals surface area (Å²) in [4.78, 5) is 29.5. The molecule has 0 fully saturated rings. The third kappa shape index (κ3) is 6.38. The van der Waals surface area contributed by atoms with Gasteiger partial charge in [0.05, 0.1) is 11.8 Å². The molecule has 1 aromatic carbocycles. The maximum absolute atomic E-state index is 12.7. The van der Waals surface area contributed by atoms with Gasteiger partial charge in [-0.2, -0.15) is 0 Å². The van der Waals surface area contributed by atoms with Crippen LogP contribution in [-0.4, -0.2) is 57.8 Å². The number of carbonyl (C=O) groups is 2. The van der Waals surface area contributed by atoms with Gasteiger partial charge < -0.3 is 25.8 Å². The SMILES string of the molecule is CC(C)C(CNC(=O)C(NC(=O)c1cccc(-c2ccccc2)n1)C(C)O)B(O)O. The van der Waals surface area contributed by atoms with Crippen LogP contribution in [0.25, 0.3) is 11.3 Å². The Hall–Kier alpha value is -2.75. The van der Waals surface area contributed by atoms with E-state index in [0.29, 0.717) is 5.69 Å². The van der Waals surface area contributed by atoms with Gasteiger partial charge in [-0.05, 0) is 25.0 Å². The number of carbonyl (C=O) groups excluding carboxylic acids is 2. The minimum Gasteiger partial charge on any atom is -0.427 e. The Balaban J connectivity index is 2.09. The fourth-order valence-electron chi connectivity index (χ4n) is 2.97. The van der Waals surface area contributed by atoms with Gasteiger partial charge in [-0.3, -0.25) is 9.59 Å². The fourth-order valence-corrected chi connectivity index (χ4v) is 2.97. The quantitative estimate of drug-likeness (QED) is 0.387. The van der Waals surface area contributed by atoms with Crippen molar-refractivity contribution >= 4 is 18.9 Å². The first-order valence-electron chi connectivity index (χ1n) is 9.86. The summed E-state index contributed by atoms with van der Waals surface area (Å²) in [5, 5.41) is 33.9. The maximum Gasteiger partial charge on any atom is 0.456 e. The predicted molar refractivity (Wildman–Crippen MR) is 114 cm³/mol. The molecule has 3 atom stereocenters. The second-order valence-electron chi connectivity index (χ2n) is 7.53. The minimum atomic E-state index is -1.59. The molecule has 5 N–H and O–H groups in total. The summed E-state index contributed by atoms with van der Waals surface area (Å²) >= 11 is 0. The van der Waals surface area contributed by atoms with Gasteiger partial charge in [0.1, 0.15) is 11.7 Å². The van der Waals surface area contributed by atoms with Gasteiger partial charge in [0.15, 0.2) is 0 Å². The third-order valence-electron chi connectivity index (χ3n) is 4.85. The smallest absolute Gasteiger partial charge is 0.427 e. The highest BCUT2D eigenvalue weighted by molar-refractivity contribution is 6.43. The Bertz CT molecular complexity index is 838. The Morgan fingerprint density at radius 1 is 1.03 bits per heavy atom. The van der Waals surface area contributed by atoms with Crippen LogP contribution in [0, 0.1) is 5.92 Å². The number of nitrogens with one attached hydrogen (secondary N) is 2. The molecule has 1 aromatic heterocycles. The summed E-state index contributed by atoms with van der Waals surface area (Å²) in [6.45, 7) is 4.99. The van der Waals surface area contributed by atoms with Crippen molar-refractivity contribution in [1.82, 2.24) is 15.6 Å². The van der Waals surface area contributed by atoms with E-state index in [0.717, 1.165) is 5.56 Å². The lowest BCUT2D eigenvalue weighted by molar-refractivity contribution is -0.125. The molecule has 2 rings (SSSR count). The average Bonchev–Trinajstić information content (AvgIpc) is 2.71. The van der Waals surface area contributed by atoms with Gasteiger partial charge in [0.25, 0.3) is 5.91 Å². The molecule has 0 saturated carbocycles. The highest BCUT2D eigenvalue weighted by Gasteiger charge is 2.30. The van der Waals surface area contributed by atoms with Crippen LogP contribution in [0.4, 0.5) is 0 Å². The number of amides is 2. The van der Waals surface area contributed by atoms with Crippen molar-refractivity contribution in [3.8, 4) is 11.3 Å². The molecule has 2 aromatic rings. The van der Waals surface area contributed by atoms with Gasteiger partial charge >= 0.3 is 7.12 Å². The van der Waals surface area contributed by atoms with Crippen LogP contribution >= 0.6 is 0 Å². The Morgan fingerprint density at radius 2 is 1.70 bits per heavy atom. The highest BCUT2D eigenvalue weighted by Crippen LogP contribution is 2.18. The van der Waals surface area contributed by atoms with Crippen molar-refractivity contribution in [3.05, 3.63) is 54.2 Å². The van der Waals surface area contributed by atoms with E-state index in [1.165, 1.54) is 13.0 Å². The van der Waals surface area contributed by atoms with Crippen molar-refractivity contribution in [2.45, 2.75) is 38.7 Å². The van der Waals surface area contributed by atoms with Crippen LogP contribution in [0.2, 0.25) is 5.82 Å². The Kier molecular flexibility index (Phi) is 8.52. The average molecular weight is 413 g/mol. The molecule has 0 saturated heterocycles. The monoisotopic (exact) mass is 413 g/mol. The van der Waals surface area contributed by atoms with Crippen LogP contribution in [0.5, 0.6) is 0 Å². The molecule has 0 bridgehead atoms. The van der Waals surface area contributed by atoms with Crippen molar-refractivity contribution in [2.24, 2.45) is 5.92 Å². The van der Waals surface area contributed by atoms with Crippen molar-refractivity contribution in [2.75, 3.05) is 6.54 Å². The summed E-state index contributed by atoms with van der Waals surface area (Å²) in [5.74, 6) is -1.89. The Labute approximate surface area is 176 Å². The molecule has 0 aliphatic rings. The summed E-state index contributed by atoms with van der Waals surface area (Å²) in [6, 6.07) is 13.1. The highest BCUT2D eigenvalue weighted by atomic mass is 16.4. The molecule has 3 unspecified atom stereocenters. The summed E-state index contributed by atoms with van der Waals surface area (Å²) in [7, 11) is -1.59. The van der Waals surface area contributed by atoms with E-state index >= 15 is 0 Å². The molecular formula is C21H28BN3O5. The molecule has 8 nitrogen and oxygen atoms in total. The molecule has 1 heterocycles. The number of rotatable bonds is 9. The van der Waals surface area contributed by atoms with Gasteiger partial charge in [0.2, 0.25) is 5.91 Å². The number of benzene rings is 1. The van der Waals surface area contributed by atoms with E-state index < -0.39 is 36.9 Å². The number of pyridine rings is 1. The van der Waals surface area contributed by atoms with Crippen LogP contribution < -0.4 is 10.6 Å². The molecule has 160 valence electrons. The molecule has 30 heavy (non-hydrogen) atoms. The third-order valence-corrected chi connectivity index (χ3v) is 4.85. The molecule has 0 aliphatic carbocycles. The van der Waals surface area contributed by atoms with E-state index in [9.17, 15) is 24.7 Å². The summed E-state index contributed by atoms with van der Waals surface area (Å²) in [6.07, 6.45) is -1.16. The molecule has 0 aliphatic heterocycles. The second kappa shape index (κ2) is 10.9. The minimum absolute atomic E-state index is 0.00496. The van der Waals surface area contributed by atoms with E-state index in [1.807, 2.05) is 30.3 Å². The summed E-state index contributed by atoms with van der Waals surface area (Å²) in [5.41, 5.74) is 1.57. The van der Waals surface area contributed by atoms with Crippen LogP contribution in [0.1, 0.15) is 31.3 Å². The zero-order chi connectivity index (χ0) is 22.3. The molecule has 2 amide bonds. The van der Waals surface area contributed by atoms with Gasteiger partial charge in [-0.15, -0.1) is 0 Å². The standard InChI is InChI=1S/C21H28BN3O5/c1-13(2)16(22(29)30)12-23-21(28)19(14(3)26)25-20(27)18-11-7-10-17(24-18)15-8-5-4-6-9-15/h4-11,13-14,16,19,26,29-30H,12H2,1-3H3,(H,23,28)(H,25,27). The lowest BCUT2D eigenvalue weighted by Gasteiger charge is -2.24. The van der Waals surface area contributed by atoms with Crippen molar-refractivity contribution < 1.29 is 24.7 Å². The van der Waals surface area contributed by atoms with E-state index in [4.69, 9.17) is 0 Å². The maximum atomic E-state index is 12.7. The normalized spacial score (nSPS) is 14.0. The number of hydrogen-bond donors (Lipinski definition) is 5. The molecule has 9 heteroatoms. The molecule has 0 spiro atoms. The van der Waals surface area contributed by atoms with Gasteiger partial charge in [-0.25, -0.2) is 4.98 Å². The van der Waals surface area contributed by atoms with Gasteiger partial charge in [0, 0.05) is 17.9 Å². The topological polar surface area (TPSA) is 132 Å². The zero-order valence-electron chi connectivity index (χ0n) is 17.3. The van der Waals surface area contributed by atoms with Crippen molar-refractivity contribution in [3.63, 3.8) is 0 Å². The van der Waals surface area contributed by atoms with Gasteiger partial charge in [-0.1, -0.05) is 50.2 Å². The number of aliphatic hydroxyl groups excluding tert-OH is 1. The van der Waals surface area contributed by atoms with E-state index in [1.54, 1.807) is 26.0 Å². The molecule has 0 radical (unpaired) electrons. The molecular weight excluding hydrogens is 385 g/mol. The largest absolute Gasteiger partial charge is 0.456 e. The van der Waals surface area contributed by atoms with Crippen molar-refractivity contribution in [1.29, 1.82) is 0 Å².